The molecule has 11 heteroatoms. The number of alkyl halides is 3. The first-order valence-electron chi connectivity index (χ1n) is 14.7. The number of aromatic nitrogens is 5. The van der Waals surface area contributed by atoms with Gasteiger partial charge in [-0.15, -0.1) is 0 Å². The minimum atomic E-state index is -4.87. The molecular formula is C28H22F3N7O. The molecule has 5 aromatic rings. The number of carbonyl (C=O) groups is 1. The van der Waals surface area contributed by atoms with Gasteiger partial charge in [-0.25, -0.2) is 15.0 Å². The summed E-state index contributed by atoms with van der Waals surface area (Å²) in [6, 6.07) is 11.1. The lowest BCUT2D eigenvalue weighted by molar-refractivity contribution is -0.137. The van der Waals surface area contributed by atoms with E-state index < -0.39 is 43.2 Å². The fourth-order valence-corrected chi connectivity index (χ4v) is 3.61. The molecule has 8 nitrogen and oxygen atoms in total. The largest absolute Gasteiger partial charge is 0.416 e. The third-order valence-corrected chi connectivity index (χ3v) is 5.45. The molecule has 196 valence electrons. The normalized spacial score (nSPS) is 14.6. The first-order valence-corrected chi connectivity index (χ1v) is 11.2. The maximum atomic E-state index is 13.8. The zero-order valence-corrected chi connectivity index (χ0v) is 19.8. The standard InChI is InChI=1S/C28H22F3N7O/c1-17-5-6-19(10-25(17)37-27-33-9-7-24(36-27)20-4-3-8-32-14-20)26(39)35-22-11-21(28(29,30)31)12-23(13-22)38-15-18(2)34-16-38/h3-16H,1-2H3,(H,35,39)(H,33,36,37)/i1D3,2D3,15D. The van der Waals surface area contributed by atoms with Crippen LogP contribution in [0.2, 0.25) is 0 Å². The molecule has 0 unspecified atom stereocenters. The van der Waals surface area contributed by atoms with Crippen molar-refractivity contribution in [1.82, 2.24) is 24.5 Å². The zero-order valence-electron chi connectivity index (χ0n) is 26.8. The van der Waals surface area contributed by atoms with Crippen LogP contribution in [0.15, 0.2) is 85.7 Å². The number of hydrogen-bond acceptors (Lipinski definition) is 6. The number of carbonyl (C=O) groups excluding carboxylic acids is 1. The number of imidazole rings is 1. The Hall–Kier alpha value is -5.06. The predicted molar refractivity (Wildman–Crippen MR) is 141 cm³/mol. The third kappa shape index (κ3) is 5.93. The van der Waals surface area contributed by atoms with E-state index in [1.165, 1.54) is 24.4 Å². The smallest absolute Gasteiger partial charge is 0.324 e. The molecule has 0 atom stereocenters. The number of halogens is 3. The van der Waals surface area contributed by atoms with Gasteiger partial charge in [-0.05, 0) is 67.8 Å². The molecule has 0 fully saturated rings. The number of rotatable bonds is 6. The van der Waals surface area contributed by atoms with Crippen molar-refractivity contribution in [3.63, 3.8) is 0 Å². The van der Waals surface area contributed by atoms with E-state index in [9.17, 15) is 18.0 Å². The monoisotopic (exact) mass is 536 g/mol. The van der Waals surface area contributed by atoms with Crippen LogP contribution in [-0.2, 0) is 6.18 Å². The van der Waals surface area contributed by atoms with Crippen LogP contribution in [0.1, 0.15) is 36.8 Å². The summed E-state index contributed by atoms with van der Waals surface area (Å²) in [4.78, 5) is 29.5. The molecule has 1 amide bonds. The van der Waals surface area contributed by atoms with Crippen LogP contribution in [0.4, 0.5) is 30.5 Å². The summed E-state index contributed by atoms with van der Waals surface area (Å²) in [6.45, 7) is -5.40. The van der Waals surface area contributed by atoms with Crippen LogP contribution in [-0.4, -0.2) is 30.4 Å². The van der Waals surface area contributed by atoms with Crippen molar-refractivity contribution >= 4 is 23.2 Å². The molecule has 0 spiro atoms. The number of nitrogens with zero attached hydrogens (tertiary/aromatic N) is 5. The van der Waals surface area contributed by atoms with Gasteiger partial charge in [0.2, 0.25) is 5.95 Å². The van der Waals surface area contributed by atoms with Crippen molar-refractivity contribution in [2.24, 2.45) is 0 Å². The van der Waals surface area contributed by atoms with Gasteiger partial charge >= 0.3 is 6.18 Å². The highest BCUT2D eigenvalue weighted by Crippen LogP contribution is 2.33. The van der Waals surface area contributed by atoms with Crippen LogP contribution in [0, 0.1) is 13.7 Å². The molecule has 0 aliphatic heterocycles. The van der Waals surface area contributed by atoms with E-state index in [1.54, 1.807) is 30.6 Å². The van der Waals surface area contributed by atoms with Gasteiger partial charge in [-0.3, -0.25) is 9.78 Å². The second-order valence-corrected chi connectivity index (χ2v) is 8.19. The minimum Gasteiger partial charge on any atom is -0.324 e. The molecule has 0 bridgehead atoms. The Labute approximate surface area is 231 Å². The third-order valence-electron chi connectivity index (χ3n) is 5.45. The van der Waals surface area contributed by atoms with Crippen molar-refractivity contribution in [1.29, 1.82) is 0 Å². The van der Waals surface area contributed by atoms with Crippen LogP contribution >= 0.6 is 0 Å². The van der Waals surface area contributed by atoms with Gasteiger partial charge in [0, 0.05) is 61.2 Å². The second kappa shape index (κ2) is 10.4. The van der Waals surface area contributed by atoms with Crippen molar-refractivity contribution in [3.8, 4) is 16.9 Å². The number of hydrogen-bond donors (Lipinski definition) is 2. The van der Waals surface area contributed by atoms with Crippen LogP contribution < -0.4 is 10.6 Å². The molecule has 0 saturated heterocycles. The maximum Gasteiger partial charge on any atom is 0.416 e. The van der Waals surface area contributed by atoms with E-state index in [0.717, 1.165) is 17.0 Å². The summed E-state index contributed by atoms with van der Waals surface area (Å²) in [5.41, 5.74) is -1.59. The molecule has 39 heavy (non-hydrogen) atoms. The SMILES string of the molecule is [2H]c1c(C([2H])([2H])[2H])ncn1-c1cc(NC(=O)c2ccc(C([2H])([2H])[2H])c(Nc3nccc(-c4cccnc4)n3)c2)cc(C(F)(F)F)c1. The van der Waals surface area contributed by atoms with Gasteiger partial charge in [-0.1, -0.05) is 6.07 Å². The molecule has 3 heterocycles. The fourth-order valence-electron chi connectivity index (χ4n) is 3.61. The minimum absolute atomic E-state index is 0.00916. The Kier molecular flexibility index (Phi) is 4.85. The van der Waals surface area contributed by atoms with E-state index in [1.807, 2.05) is 0 Å². The topological polar surface area (TPSA) is 97.6 Å². The molecule has 0 aliphatic rings. The van der Waals surface area contributed by atoms with Crippen molar-refractivity contribution in [3.05, 3.63) is 108 Å². The molecule has 5 rings (SSSR count). The van der Waals surface area contributed by atoms with Gasteiger partial charge in [-0.2, -0.15) is 13.2 Å². The van der Waals surface area contributed by atoms with Crippen molar-refractivity contribution < 1.29 is 27.6 Å². The van der Waals surface area contributed by atoms with Crippen LogP contribution in [0.5, 0.6) is 0 Å². The highest BCUT2D eigenvalue weighted by atomic mass is 19.4. The van der Waals surface area contributed by atoms with E-state index in [-0.39, 0.29) is 34.1 Å². The summed E-state index contributed by atoms with van der Waals surface area (Å²) in [5.74, 6) is -0.884. The van der Waals surface area contributed by atoms with E-state index >= 15 is 0 Å². The van der Waals surface area contributed by atoms with E-state index in [2.05, 4.69) is 30.6 Å². The Morgan fingerprint density at radius 2 is 1.95 bits per heavy atom. The first-order chi connectivity index (χ1) is 21.5. The summed E-state index contributed by atoms with van der Waals surface area (Å²) in [6.07, 6.45) is -0.00580. The molecular weight excluding hydrogens is 507 g/mol. The Morgan fingerprint density at radius 1 is 1.05 bits per heavy atom. The summed E-state index contributed by atoms with van der Waals surface area (Å²) < 4.78 is 96.8. The first kappa shape index (κ1) is 18.2. The van der Waals surface area contributed by atoms with Crippen molar-refractivity contribution in [2.75, 3.05) is 10.6 Å². The highest BCUT2D eigenvalue weighted by Gasteiger charge is 2.31. The lowest BCUT2D eigenvalue weighted by atomic mass is 10.1. The van der Waals surface area contributed by atoms with E-state index in [4.69, 9.17) is 9.60 Å². The number of benzene rings is 2. The van der Waals surface area contributed by atoms with E-state index in [0.29, 0.717) is 23.4 Å². The molecule has 0 saturated carbocycles. The average molecular weight is 537 g/mol. The second-order valence-electron chi connectivity index (χ2n) is 8.19. The number of pyridine rings is 1. The maximum absolute atomic E-state index is 13.8. The lowest BCUT2D eigenvalue weighted by Crippen LogP contribution is -2.14. The molecule has 2 N–H and O–H groups in total. The number of aryl methyl sites for hydroxylation is 2. The summed E-state index contributed by atoms with van der Waals surface area (Å²) in [5, 5.41) is 5.19. The summed E-state index contributed by atoms with van der Waals surface area (Å²) in [7, 11) is 0. The molecule has 0 aliphatic carbocycles. The Balaban J connectivity index is 1.49. The Bertz CT molecular complexity index is 1910. The van der Waals surface area contributed by atoms with Crippen LogP contribution in [0.3, 0.4) is 0 Å². The number of anilines is 3. The summed E-state index contributed by atoms with van der Waals surface area (Å²) >= 11 is 0. The van der Waals surface area contributed by atoms with Gasteiger partial charge in [0.25, 0.3) is 5.91 Å². The predicted octanol–water partition coefficient (Wildman–Crippen LogP) is 6.36. The number of amides is 1. The van der Waals surface area contributed by atoms with Gasteiger partial charge in [0.05, 0.1) is 24.6 Å². The fraction of sp³-hybridized carbons (Fsp3) is 0.107. The quantitative estimate of drug-likeness (QED) is 0.262. The molecule has 0 radical (unpaired) electrons. The van der Waals surface area contributed by atoms with Crippen molar-refractivity contribution in [2.45, 2.75) is 19.9 Å². The van der Waals surface area contributed by atoms with Crippen LogP contribution in [0.25, 0.3) is 16.9 Å². The Morgan fingerprint density at radius 3 is 2.69 bits per heavy atom. The highest BCUT2D eigenvalue weighted by molar-refractivity contribution is 6.05. The van der Waals surface area contributed by atoms with Gasteiger partial charge in [0.1, 0.15) is 0 Å². The van der Waals surface area contributed by atoms with Gasteiger partial charge in [0.15, 0.2) is 0 Å². The lowest BCUT2D eigenvalue weighted by Gasteiger charge is -2.14. The number of nitrogens with one attached hydrogen (secondary N) is 2. The zero-order chi connectivity index (χ0) is 33.4. The molecule has 2 aromatic carbocycles. The molecule has 3 aromatic heterocycles. The average Bonchev–Trinajstić information content (AvgIpc) is 3.38. The van der Waals surface area contributed by atoms with Gasteiger partial charge < -0.3 is 15.2 Å².